The molecule has 132 valence electrons. The largest absolute Gasteiger partial charge is 0.318 e. The summed E-state index contributed by atoms with van der Waals surface area (Å²) in [7, 11) is 7.80. The zero-order valence-corrected chi connectivity index (χ0v) is 19.3. The van der Waals surface area contributed by atoms with Crippen LogP contribution in [-0.2, 0) is 26.2 Å². The minimum Gasteiger partial charge on any atom is -0.318 e. The monoisotopic (exact) mass is 382 g/mol. The fraction of sp³-hybridized carbons (Fsp3) is 1.00. The summed E-state index contributed by atoms with van der Waals surface area (Å²) in [6, 6.07) is 2.54. The zero-order chi connectivity index (χ0) is 17.1. The van der Waals surface area contributed by atoms with E-state index in [1.165, 1.54) is 0 Å². The van der Waals surface area contributed by atoms with Crippen molar-refractivity contribution in [2.24, 2.45) is 0 Å². The van der Waals surface area contributed by atoms with E-state index in [4.69, 9.17) is 0 Å². The number of nitrogens with one attached hydrogen (secondary N) is 4. The number of hydrogen-bond donors (Lipinski definition) is 4. The third-order valence-electron chi connectivity index (χ3n) is 2.31. The molecule has 0 aromatic carbocycles. The van der Waals surface area contributed by atoms with Gasteiger partial charge >= 0.3 is 0 Å². The molecule has 0 aliphatic carbocycles. The first-order valence-corrected chi connectivity index (χ1v) is 7.77. The summed E-state index contributed by atoms with van der Waals surface area (Å²) < 4.78 is 0. The van der Waals surface area contributed by atoms with Gasteiger partial charge in [-0.25, -0.2) is 0 Å². The first-order chi connectivity index (χ1) is 9.08. The first kappa shape index (κ1) is 33.4. The van der Waals surface area contributed by atoms with Gasteiger partial charge in [0.15, 0.2) is 0 Å². The van der Waals surface area contributed by atoms with Gasteiger partial charge in [-0.05, 0) is 28.2 Å². The van der Waals surface area contributed by atoms with Crippen LogP contribution in [0.2, 0.25) is 0 Å². The Morgan fingerprint density at radius 2 is 0.429 bits per heavy atom. The van der Waals surface area contributed by atoms with Crippen LogP contribution in [0.5, 0.6) is 0 Å². The van der Waals surface area contributed by atoms with Gasteiger partial charge in [-0.1, -0.05) is 55.4 Å². The van der Waals surface area contributed by atoms with E-state index in [1.54, 1.807) is 0 Å². The second-order valence-electron chi connectivity index (χ2n) is 5.77. The number of rotatable bonds is 4. The smallest absolute Gasteiger partial charge is 0.000733 e. The van der Waals surface area contributed by atoms with Crippen molar-refractivity contribution in [2.45, 2.75) is 79.6 Å². The minimum absolute atomic E-state index is 0. The van der Waals surface area contributed by atoms with E-state index in [-0.39, 0.29) is 26.2 Å². The van der Waals surface area contributed by atoms with E-state index in [2.05, 4.69) is 76.7 Å². The second kappa shape index (κ2) is 28.8. The maximum Gasteiger partial charge on any atom is 0.000733 e. The summed E-state index contributed by atoms with van der Waals surface area (Å²) in [5.41, 5.74) is 0. The maximum absolute atomic E-state index is 3.03. The molecule has 0 fully saturated rings. The summed E-state index contributed by atoms with van der Waals surface area (Å²) in [5.74, 6) is 0. The SMILES string of the molecule is CNC(C)C.CNC(C)C.CNC(C)C.CNC(C)C.[Zr]. The van der Waals surface area contributed by atoms with Gasteiger partial charge in [-0.2, -0.15) is 0 Å². The van der Waals surface area contributed by atoms with Crippen LogP contribution in [0, 0.1) is 0 Å². The Morgan fingerprint density at radius 3 is 0.429 bits per heavy atom. The van der Waals surface area contributed by atoms with Crippen LogP contribution >= 0.6 is 0 Å². The van der Waals surface area contributed by atoms with E-state index in [0.717, 1.165) is 0 Å². The zero-order valence-electron chi connectivity index (χ0n) is 16.8. The summed E-state index contributed by atoms with van der Waals surface area (Å²) in [5, 5.41) is 12.1. The van der Waals surface area contributed by atoms with Crippen LogP contribution in [0.3, 0.4) is 0 Å². The Labute approximate surface area is 155 Å². The molecule has 0 saturated carbocycles. The van der Waals surface area contributed by atoms with E-state index in [9.17, 15) is 0 Å². The average molecular weight is 384 g/mol. The van der Waals surface area contributed by atoms with Gasteiger partial charge in [0.05, 0.1) is 0 Å². The van der Waals surface area contributed by atoms with Crippen LogP contribution in [0.15, 0.2) is 0 Å². The predicted octanol–water partition coefficient (Wildman–Crippen LogP) is 2.45. The molecule has 0 spiro atoms. The molecule has 0 heterocycles. The van der Waals surface area contributed by atoms with Crippen molar-refractivity contribution in [3.8, 4) is 0 Å². The van der Waals surface area contributed by atoms with E-state index in [0.29, 0.717) is 24.2 Å². The molecule has 0 radical (unpaired) electrons. The summed E-state index contributed by atoms with van der Waals surface area (Å²) in [4.78, 5) is 0. The van der Waals surface area contributed by atoms with Crippen molar-refractivity contribution >= 4 is 0 Å². The third-order valence-corrected chi connectivity index (χ3v) is 2.31. The van der Waals surface area contributed by atoms with Crippen LogP contribution in [-0.4, -0.2) is 52.4 Å². The van der Waals surface area contributed by atoms with Crippen LogP contribution in [0.25, 0.3) is 0 Å². The topological polar surface area (TPSA) is 48.1 Å². The van der Waals surface area contributed by atoms with Gasteiger partial charge in [0.1, 0.15) is 0 Å². The summed E-state index contributed by atoms with van der Waals surface area (Å²) in [6.45, 7) is 16.9. The van der Waals surface area contributed by atoms with Gasteiger partial charge in [0.25, 0.3) is 0 Å². The Bertz CT molecular complexity index is 108. The maximum atomic E-state index is 3.03. The third kappa shape index (κ3) is 95.5. The molecule has 4 N–H and O–H groups in total. The number of hydrogen-bond acceptors (Lipinski definition) is 4. The molecule has 0 aromatic heterocycles. The van der Waals surface area contributed by atoms with Crippen molar-refractivity contribution in [2.75, 3.05) is 28.2 Å². The molecule has 0 rings (SSSR count). The van der Waals surface area contributed by atoms with E-state index in [1.807, 2.05) is 28.2 Å². The van der Waals surface area contributed by atoms with E-state index >= 15 is 0 Å². The molecule has 0 aromatic rings. The first-order valence-electron chi connectivity index (χ1n) is 7.77. The van der Waals surface area contributed by atoms with Crippen LogP contribution < -0.4 is 21.3 Å². The molecule has 0 saturated heterocycles. The van der Waals surface area contributed by atoms with E-state index < -0.39 is 0 Å². The van der Waals surface area contributed by atoms with Crippen LogP contribution in [0.1, 0.15) is 55.4 Å². The molecule has 5 heteroatoms. The predicted molar refractivity (Wildman–Crippen MR) is 96.8 cm³/mol. The van der Waals surface area contributed by atoms with Crippen molar-refractivity contribution in [3.05, 3.63) is 0 Å². The van der Waals surface area contributed by atoms with Gasteiger partial charge in [-0.3, -0.25) is 0 Å². The Balaban J connectivity index is -0.0000000533. The molecule has 0 atom stereocenters. The quantitative estimate of drug-likeness (QED) is 0.602. The Morgan fingerprint density at radius 1 is 0.381 bits per heavy atom. The summed E-state index contributed by atoms with van der Waals surface area (Å²) >= 11 is 0. The molecular formula is C16H44N4Zr. The van der Waals surface area contributed by atoms with Crippen LogP contribution in [0.4, 0.5) is 0 Å². The summed E-state index contributed by atoms with van der Waals surface area (Å²) in [6.07, 6.45) is 0. The molecule has 0 unspecified atom stereocenters. The minimum atomic E-state index is 0. The molecule has 4 nitrogen and oxygen atoms in total. The fourth-order valence-electron chi connectivity index (χ4n) is 0. The molecule has 0 aliphatic rings. The normalized spacial score (nSPS) is 9.14. The van der Waals surface area contributed by atoms with Gasteiger partial charge < -0.3 is 21.3 Å². The Kier molecular flexibility index (Phi) is 45.8. The van der Waals surface area contributed by atoms with Crippen molar-refractivity contribution < 1.29 is 26.2 Å². The second-order valence-corrected chi connectivity index (χ2v) is 5.77. The van der Waals surface area contributed by atoms with Crippen molar-refractivity contribution in [1.82, 2.24) is 21.3 Å². The molecule has 0 aliphatic heterocycles. The molecule has 0 amide bonds. The van der Waals surface area contributed by atoms with Gasteiger partial charge in [0, 0.05) is 50.4 Å². The van der Waals surface area contributed by atoms with Gasteiger partial charge in [0.2, 0.25) is 0 Å². The van der Waals surface area contributed by atoms with Gasteiger partial charge in [-0.15, -0.1) is 0 Å². The average Bonchev–Trinajstić information content (AvgIpc) is 2.40. The van der Waals surface area contributed by atoms with Crippen molar-refractivity contribution in [1.29, 1.82) is 0 Å². The molecule has 21 heavy (non-hydrogen) atoms. The fourth-order valence-corrected chi connectivity index (χ4v) is 0. The Hall–Kier alpha value is 0.723. The molecular weight excluding hydrogens is 339 g/mol. The molecule has 0 bridgehead atoms. The standard InChI is InChI=1S/4C4H11N.Zr/c4*1-4(2)5-3;/h4*4-5H,1-3H3;. The van der Waals surface area contributed by atoms with Crippen molar-refractivity contribution in [3.63, 3.8) is 0 Å².